The van der Waals surface area contributed by atoms with Crippen LogP contribution < -0.4 is 5.32 Å². The van der Waals surface area contributed by atoms with E-state index in [4.69, 9.17) is 0 Å². The third kappa shape index (κ3) is 29.2. The van der Waals surface area contributed by atoms with Gasteiger partial charge >= 0.3 is 0 Å². The first-order valence-corrected chi connectivity index (χ1v) is 20.1. The Morgan fingerprint density at radius 2 is 0.891 bits per heavy atom. The van der Waals surface area contributed by atoms with Gasteiger partial charge in [-0.1, -0.05) is 180 Å². The summed E-state index contributed by atoms with van der Waals surface area (Å²) in [4.78, 5) is 12.4. The summed E-state index contributed by atoms with van der Waals surface area (Å²) in [7, 11) is 0. The molecule has 0 bridgehead atoms. The number of rotatable bonds is 36. The van der Waals surface area contributed by atoms with Gasteiger partial charge in [-0.05, 0) is 38.5 Å². The molecule has 46 heavy (non-hydrogen) atoms. The summed E-state index contributed by atoms with van der Waals surface area (Å²) < 4.78 is 0. The van der Waals surface area contributed by atoms with E-state index in [0.717, 1.165) is 38.5 Å². The van der Waals surface area contributed by atoms with Gasteiger partial charge in [-0.2, -0.15) is 0 Å². The van der Waals surface area contributed by atoms with Crippen molar-refractivity contribution in [3.8, 4) is 0 Å². The third-order valence-electron chi connectivity index (χ3n) is 9.48. The number of aliphatic hydroxyl groups is 4. The molecule has 0 radical (unpaired) electrons. The molecule has 0 spiro atoms. The fourth-order valence-corrected chi connectivity index (χ4v) is 6.23. The highest BCUT2D eigenvalue weighted by molar-refractivity contribution is 5.80. The van der Waals surface area contributed by atoms with Crippen LogP contribution in [0, 0.1) is 0 Å². The number of hydrogen-bond acceptors (Lipinski definition) is 5. The predicted molar refractivity (Wildman–Crippen MR) is 196 cm³/mol. The van der Waals surface area contributed by atoms with Gasteiger partial charge in [-0.25, -0.2) is 0 Å². The van der Waals surface area contributed by atoms with Gasteiger partial charge in [0.05, 0.1) is 18.8 Å². The average Bonchev–Trinajstić information content (AvgIpc) is 3.06. The minimum atomic E-state index is -1.27. The first-order chi connectivity index (χ1) is 22.5. The Morgan fingerprint density at radius 3 is 1.30 bits per heavy atom. The number of carbonyl (C=O) groups excluding carboxylic acids is 1. The van der Waals surface area contributed by atoms with E-state index in [-0.39, 0.29) is 0 Å². The van der Waals surface area contributed by atoms with Gasteiger partial charge in [0, 0.05) is 0 Å². The van der Waals surface area contributed by atoms with E-state index in [1.807, 2.05) is 0 Å². The zero-order chi connectivity index (χ0) is 33.9. The van der Waals surface area contributed by atoms with Crippen LogP contribution in [0.3, 0.4) is 0 Å². The second-order valence-corrected chi connectivity index (χ2v) is 14.0. The number of allylic oxidation sites excluding steroid dienone is 2. The van der Waals surface area contributed by atoms with E-state index in [2.05, 4.69) is 31.3 Å². The SMILES string of the molecule is CCCCC/C=C/CCCC(O)C(O)C(CO)NC(=O)C(O)CCCCCCCCCCCCCCCCCCCCCCCC. The van der Waals surface area contributed by atoms with Gasteiger partial charge < -0.3 is 25.7 Å². The molecule has 0 fully saturated rings. The number of nitrogens with one attached hydrogen (secondary N) is 1. The summed E-state index contributed by atoms with van der Waals surface area (Å²) in [6.07, 6.45) is 36.9. The van der Waals surface area contributed by atoms with E-state index in [9.17, 15) is 25.2 Å². The number of amides is 1. The quantitative estimate of drug-likeness (QED) is 0.0342. The van der Waals surface area contributed by atoms with E-state index in [0.29, 0.717) is 12.8 Å². The van der Waals surface area contributed by atoms with Crippen molar-refractivity contribution >= 4 is 5.91 Å². The highest BCUT2D eigenvalue weighted by Gasteiger charge is 2.28. The third-order valence-corrected chi connectivity index (χ3v) is 9.48. The molecule has 6 nitrogen and oxygen atoms in total. The molecule has 4 unspecified atom stereocenters. The molecule has 0 saturated carbocycles. The number of unbranched alkanes of at least 4 members (excludes halogenated alkanes) is 25. The molecule has 0 rings (SSSR count). The molecule has 0 aromatic rings. The first kappa shape index (κ1) is 45.0. The maximum atomic E-state index is 12.4. The summed E-state index contributed by atoms with van der Waals surface area (Å²) in [6, 6.07) is -0.994. The van der Waals surface area contributed by atoms with Crippen molar-refractivity contribution < 1.29 is 25.2 Å². The largest absolute Gasteiger partial charge is 0.394 e. The lowest BCUT2D eigenvalue weighted by Gasteiger charge is -2.27. The van der Waals surface area contributed by atoms with Crippen LogP contribution in [0.5, 0.6) is 0 Å². The maximum absolute atomic E-state index is 12.4. The zero-order valence-corrected chi connectivity index (χ0v) is 30.6. The lowest BCUT2D eigenvalue weighted by molar-refractivity contribution is -0.132. The van der Waals surface area contributed by atoms with Crippen LogP contribution in [-0.4, -0.2) is 57.3 Å². The van der Waals surface area contributed by atoms with Crippen molar-refractivity contribution in [1.29, 1.82) is 0 Å². The summed E-state index contributed by atoms with van der Waals surface area (Å²) in [5.41, 5.74) is 0. The van der Waals surface area contributed by atoms with E-state index in [1.165, 1.54) is 141 Å². The second-order valence-electron chi connectivity index (χ2n) is 14.0. The topological polar surface area (TPSA) is 110 Å². The van der Waals surface area contributed by atoms with Crippen molar-refractivity contribution in [1.82, 2.24) is 5.32 Å². The van der Waals surface area contributed by atoms with Crippen LogP contribution in [0.25, 0.3) is 0 Å². The molecular weight excluding hydrogens is 574 g/mol. The van der Waals surface area contributed by atoms with Crippen LogP contribution in [0.2, 0.25) is 0 Å². The highest BCUT2D eigenvalue weighted by Crippen LogP contribution is 2.16. The molecular formula is C40H79NO5. The van der Waals surface area contributed by atoms with E-state index >= 15 is 0 Å². The van der Waals surface area contributed by atoms with Crippen molar-refractivity contribution in [2.45, 2.75) is 231 Å². The summed E-state index contributed by atoms with van der Waals surface area (Å²) >= 11 is 0. The molecule has 6 heteroatoms. The Hall–Kier alpha value is -0.950. The molecule has 0 aromatic heterocycles. The van der Waals surface area contributed by atoms with Crippen LogP contribution in [-0.2, 0) is 4.79 Å². The van der Waals surface area contributed by atoms with Crippen LogP contribution in [0.1, 0.15) is 206 Å². The lowest BCUT2D eigenvalue weighted by atomic mass is 10.00. The van der Waals surface area contributed by atoms with Gasteiger partial charge in [0.15, 0.2) is 0 Å². The van der Waals surface area contributed by atoms with Crippen LogP contribution in [0.4, 0.5) is 0 Å². The monoisotopic (exact) mass is 654 g/mol. The van der Waals surface area contributed by atoms with E-state index in [1.54, 1.807) is 0 Å². The maximum Gasteiger partial charge on any atom is 0.249 e. The van der Waals surface area contributed by atoms with Gasteiger partial charge in [-0.3, -0.25) is 4.79 Å². The molecule has 274 valence electrons. The molecule has 0 aliphatic carbocycles. The smallest absolute Gasteiger partial charge is 0.249 e. The van der Waals surface area contributed by atoms with Crippen molar-refractivity contribution in [3.05, 3.63) is 12.2 Å². The van der Waals surface area contributed by atoms with Crippen molar-refractivity contribution in [3.63, 3.8) is 0 Å². The highest BCUT2D eigenvalue weighted by atomic mass is 16.3. The van der Waals surface area contributed by atoms with Crippen LogP contribution >= 0.6 is 0 Å². The lowest BCUT2D eigenvalue weighted by Crippen LogP contribution is -2.53. The molecule has 4 atom stereocenters. The molecule has 1 amide bonds. The predicted octanol–water partition coefficient (Wildman–Crippen LogP) is 9.85. The van der Waals surface area contributed by atoms with E-state index < -0.39 is 36.9 Å². The van der Waals surface area contributed by atoms with Crippen molar-refractivity contribution in [2.24, 2.45) is 0 Å². The first-order valence-electron chi connectivity index (χ1n) is 20.1. The molecule has 0 saturated heterocycles. The van der Waals surface area contributed by atoms with Gasteiger partial charge in [0.2, 0.25) is 5.91 Å². The Morgan fingerprint density at radius 1 is 0.522 bits per heavy atom. The standard InChI is InChI=1S/C40H79NO5/c1-3-5-7-9-11-13-14-15-16-17-18-19-20-21-22-23-24-25-26-28-30-32-34-38(44)40(46)41-36(35-42)39(45)37(43)33-31-29-27-12-10-8-6-4-2/h12,27,36-39,42-45H,3-11,13-26,28-35H2,1-2H3,(H,41,46)/b27-12+. The molecule has 0 aliphatic heterocycles. The minimum Gasteiger partial charge on any atom is -0.394 e. The summed E-state index contributed by atoms with van der Waals surface area (Å²) in [5.74, 6) is -0.594. The Labute approximate surface area is 285 Å². The number of aliphatic hydroxyl groups excluding tert-OH is 4. The van der Waals surface area contributed by atoms with Gasteiger partial charge in [-0.15, -0.1) is 0 Å². The Balaban J connectivity index is 3.65. The average molecular weight is 654 g/mol. The van der Waals surface area contributed by atoms with Crippen molar-refractivity contribution in [2.75, 3.05) is 6.61 Å². The van der Waals surface area contributed by atoms with Crippen LogP contribution in [0.15, 0.2) is 12.2 Å². The fraction of sp³-hybridized carbons (Fsp3) is 0.925. The Kier molecular flexibility index (Phi) is 34.6. The zero-order valence-electron chi connectivity index (χ0n) is 30.6. The summed E-state index contributed by atoms with van der Waals surface area (Å²) in [6.45, 7) is 3.97. The van der Waals surface area contributed by atoms with Gasteiger partial charge in [0.1, 0.15) is 12.2 Å². The second kappa shape index (κ2) is 35.4. The number of hydrogen-bond donors (Lipinski definition) is 5. The molecule has 0 aliphatic rings. The molecule has 0 aromatic carbocycles. The minimum absolute atomic E-state index is 0.367. The molecule has 0 heterocycles. The fourth-order valence-electron chi connectivity index (χ4n) is 6.23. The Bertz CT molecular complexity index is 658. The van der Waals surface area contributed by atoms with Gasteiger partial charge in [0.25, 0.3) is 0 Å². The number of carbonyl (C=O) groups is 1. The summed E-state index contributed by atoms with van der Waals surface area (Å²) in [5, 5.41) is 43.3. The normalized spacial score (nSPS) is 14.5. The molecule has 5 N–H and O–H groups in total.